The predicted octanol–water partition coefficient (Wildman–Crippen LogP) is 3.89. The Hall–Kier alpha value is -3.04. The SMILES string of the molecule is O=C(c1ccc(F)c(F)c1)N1[C@H]2CC[C@H](c3cc(C(F)F)nc4ncnn34)[C@@H]1CC2. The highest BCUT2D eigenvalue weighted by Gasteiger charge is 2.46. The van der Waals surface area contributed by atoms with Crippen LogP contribution in [-0.2, 0) is 0 Å². The van der Waals surface area contributed by atoms with Gasteiger partial charge in [-0.1, -0.05) is 0 Å². The Morgan fingerprint density at radius 1 is 1.07 bits per heavy atom. The van der Waals surface area contributed by atoms with Crippen molar-refractivity contribution in [3.8, 4) is 0 Å². The number of aromatic nitrogens is 4. The van der Waals surface area contributed by atoms with Gasteiger partial charge in [0.15, 0.2) is 11.6 Å². The van der Waals surface area contributed by atoms with Crippen molar-refractivity contribution >= 4 is 11.7 Å². The molecule has 0 saturated carbocycles. The van der Waals surface area contributed by atoms with Gasteiger partial charge in [0, 0.05) is 23.6 Å². The molecule has 0 unspecified atom stereocenters. The molecule has 0 spiro atoms. The number of carbonyl (C=O) groups excluding carboxylic acids is 1. The summed E-state index contributed by atoms with van der Waals surface area (Å²) in [5, 5.41) is 4.13. The molecule has 6 nitrogen and oxygen atoms in total. The number of piperidine rings is 1. The molecule has 0 radical (unpaired) electrons. The third kappa shape index (κ3) is 2.93. The van der Waals surface area contributed by atoms with E-state index < -0.39 is 18.1 Å². The van der Waals surface area contributed by atoms with E-state index in [1.165, 1.54) is 23.0 Å². The van der Waals surface area contributed by atoms with Crippen LogP contribution in [0.5, 0.6) is 0 Å². The summed E-state index contributed by atoms with van der Waals surface area (Å²) in [6, 6.07) is 4.15. The molecule has 2 aliphatic heterocycles. The average molecular weight is 419 g/mol. The van der Waals surface area contributed by atoms with E-state index in [0.717, 1.165) is 18.6 Å². The zero-order chi connectivity index (χ0) is 21.0. The topological polar surface area (TPSA) is 63.4 Å². The summed E-state index contributed by atoms with van der Waals surface area (Å²) in [4.78, 5) is 22.7. The van der Waals surface area contributed by atoms with Gasteiger partial charge < -0.3 is 4.90 Å². The number of nitrogens with zero attached hydrogens (tertiary/aromatic N) is 5. The Morgan fingerprint density at radius 3 is 2.63 bits per heavy atom. The van der Waals surface area contributed by atoms with Gasteiger partial charge in [0.05, 0.1) is 5.69 Å². The fourth-order valence-corrected chi connectivity index (χ4v) is 4.82. The lowest BCUT2D eigenvalue weighted by Gasteiger charge is -2.40. The second-order valence-corrected chi connectivity index (χ2v) is 7.70. The van der Waals surface area contributed by atoms with Crippen molar-refractivity contribution in [3.05, 3.63) is 59.2 Å². The number of hydrogen-bond acceptors (Lipinski definition) is 4. The maximum Gasteiger partial charge on any atom is 0.280 e. The molecular formula is C20H17F4N5O. The van der Waals surface area contributed by atoms with E-state index in [0.29, 0.717) is 25.0 Å². The molecule has 30 heavy (non-hydrogen) atoms. The van der Waals surface area contributed by atoms with Crippen molar-refractivity contribution in [1.29, 1.82) is 0 Å². The van der Waals surface area contributed by atoms with Gasteiger partial charge in [0.25, 0.3) is 18.1 Å². The second-order valence-electron chi connectivity index (χ2n) is 7.70. The monoisotopic (exact) mass is 419 g/mol. The molecule has 156 valence electrons. The van der Waals surface area contributed by atoms with Gasteiger partial charge in [-0.3, -0.25) is 4.79 Å². The van der Waals surface area contributed by atoms with Crippen LogP contribution in [0.4, 0.5) is 17.6 Å². The molecule has 3 atom stereocenters. The number of alkyl halides is 2. The fraction of sp³-hybridized carbons (Fsp3) is 0.400. The number of fused-ring (bicyclic) bond motifs is 3. The van der Waals surface area contributed by atoms with E-state index in [1.807, 2.05) is 0 Å². The van der Waals surface area contributed by atoms with Gasteiger partial charge in [0.1, 0.15) is 12.0 Å². The molecule has 3 aromatic rings. The van der Waals surface area contributed by atoms with Crippen LogP contribution in [0.2, 0.25) is 0 Å². The quantitative estimate of drug-likeness (QED) is 0.605. The first kappa shape index (κ1) is 19.0. The molecule has 1 aromatic carbocycles. The first-order valence-corrected chi connectivity index (χ1v) is 9.70. The van der Waals surface area contributed by atoms with Gasteiger partial charge in [-0.25, -0.2) is 27.1 Å². The minimum Gasteiger partial charge on any atom is -0.332 e. The van der Waals surface area contributed by atoms with Gasteiger partial charge in [-0.15, -0.1) is 0 Å². The van der Waals surface area contributed by atoms with Crippen LogP contribution in [0.15, 0.2) is 30.6 Å². The van der Waals surface area contributed by atoms with Gasteiger partial charge >= 0.3 is 0 Å². The normalized spacial score (nSPS) is 23.5. The molecule has 2 aromatic heterocycles. The first-order chi connectivity index (χ1) is 14.4. The molecule has 0 aliphatic carbocycles. The predicted molar refractivity (Wildman–Crippen MR) is 97.1 cm³/mol. The van der Waals surface area contributed by atoms with E-state index in [1.54, 1.807) is 4.90 Å². The van der Waals surface area contributed by atoms with Crippen LogP contribution in [0.25, 0.3) is 5.78 Å². The zero-order valence-corrected chi connectivity index (χ0v) is 15.7. The van der Waals surface area contributed by atoms with Crippen molar-refractivity contribution < 1.29 is 22.4 Å². The molecule has 0 N–H and O–H groups in total. The Morgan fingerprint density at radius 2 is 1.87 bits per heavy atom. The van der Waals surface area contributed by atoms with Crippen LogP contribution in [-0.4, -0.2) is 42.5 Å². The van der Waals surface area contributed by atoms with Crippen LogP contribution in [0.3, 0.4) is 0 Å². The summed E-state index contributed by atoms with van der Waals surface area (Å²) in [6.45, 7) is 0. The van der Waals surface area contributed by atoms with Crippen molar-refractivity contribution in [2.45, 2.75) is 50.1 Å². The maximum atomic E-state index is 13.7. The van der Waals surface area contributed by atoms with Gasteiger partial charge in [-0.05, 0) is 49.9 Å². The third-order valence-electron chi connectivity index (χ3n) is 6.13. The zero-order valence-electron chi connectivity index (χ0n) is 15.7. The number of halogens is 4. The number of amides is 1. The molecule has 1 amide bonds. The number of carbonyl (C=O) groups is 1. The summed E-state index contributed by atoms with van der Waals surface area (Å²) < 4.78 is 55.2. The lowest BCUT2D eigenvalue weighted by molar-refractivity contribution is 0.0553. The lowest BCUT2D eigenvalue weighted by atomic mass is 9.86. The van der Waals surface area contributed by atoms with Crippen LogP contribution < -0.4 is 0 Å². The van der Waals surface area contributed by atoms with Crippen LogP contribution in [0.1, 0.15) is 59.8 Å². The number of benzene rings is 1. The molecule has 5 rings (SSSR count). The van der Waals surface area contributed by atoms with E-state index in [2.05, 4.69) is 15.1 Å². The Bertz CT molecular complexity index is 1130. The van der Waals surface area contributed by atoms with Crippen molar-refractivity contribution in [2.24, 2.45) is 0 Å². The molecule has 2 bridgehead atoms. The van der Waals surface area contributed by atoms with Gasteiger partial charge in [0.2, 0.25) is 0 Å². The van der Waals surface area contributed by atoms with E-state index in [4.69, 9.17) is 0 Å². The van der Waals surface area contributed by atoms with Crippen molar-refractivity contribution in [1.82, 2.24) is 24.5 Å². The highest BCUT2D eigenvalue weighted by Crippen LogP contribution is 2.45. The molecule has 2 saturated heterocycles. The van der Waals surface area contributed by atoms with Crippen molar-refractivity contribution in [2.75, 3.05) is 0 Å². The number of rotatable bonds is 3. The molecule has 4 heterocycles. The maximum absolute atomic E-state index is 13.7. The second kappa shape index (κ2) is 7.03. The molecule has 2 aliphatic rings. The van der Waals surface area contributed by atoms with Gasteiger partial charge in [-0.2, -0.15) is 10.1 Å². The summed E-state index contributed by atoms with van der Waals surface area (Å²) in [7, 11) is 0. The molecular weight excluding hydrogens is 402 g/mol. The summed E-state index contributed by atoms with van der Waals surface area (Å²) in [5.74, 6) is -2.65. The smallest absolute Gasteiger partial charge is 0.280 e. The lowest BCUT2D eigenvalue weighted by Crippen LogP contribution is -2.47. The van der Waals surface area contributed by atoms with Crippen molar-refractivity contribution in [3.63, 3.8) is 0 Å². The minimum atomic E-state index is -2.76. The Labute approximate surface area is 168 Å². The van der Waals surface area contributed by atoms with Crippen LogP contribution in [0, 0.1) is 11.6 Å². The fourth-order valence-electron chi connectivity index (χ4n) is 4.82. The average Bonchev–Trinajstić information content (AvgIpc) is 3.32. The van der Waals surface area contributed by atoms with E-state index in [-0.39, 0.29) is 40.9 Å². The van der Waals surface area contributed by atoms with Crippen LogP contribution >= 0.6 is 0 Å². The molecule has 2 fully saturated rings. The third-order valence-corrected chi connectivity index (χ3v) is 6.13. The highest BCUT2D eigenvalue weighted by atomic mass is 19.3. The van der Waals surface area contributed by atoms with E-state index >= 15 is 0 Å². The molecule has 10 heteroatoms. The Kier molecular flexibility index (Phi) is 4.44. The summed E-state index contributed by atoms with van der Waals surface area (Å²) >= 11 is 0. The number of hydrogen-bond donors (Lipinski definition) is 0. The minimum absolute atomic E-state index is 0.0190. The summed E-state index contributed by atoms with van der Waals surface area (Å²) in [5.41, 5.74) is 0.214. The highest BCUT2D eigenvalue weighted by molar-refractivity contribution is 5.95. The first-order valence-electron chi connectivity index (χ1n) is 9.70. The van der Waals surface area contributed by atoms with E-state index in [9.17, 15) is 22.4 Å². The Balaban J connectivity index is 1.54. The largest absolute Gasteiger partial charge is 0.332 e. The standard InChI is InChI=1S/C20H17F4N5O/c21-13-5-1-10(7-14(13)22)19(30)28-11-2-4-12(16(28)6-3-11)17-8-15(18(23)24)27-20-25-9-26-29(17)20/h1,5,7-9,11-12,16,18H,2-4,6H2/t11-,12-,16-/m0/s1. The summed E-state index contributed by atoms with van der Waals surface area (Å²) in [6.07, 6.45) is 1.32.